The average molecular weight is 194 g/mol. The standard InChI is InChI=1S/C12H20NO/c13-12-6-5-9(7-8-14)10-3-1-2-4-11(10)12/h9-12H,1-7,13H2. The molecule has 0 saturated heterocycles. The molecule has 0 aromatic rings. The number of rotatable bonds is 2. The van der Waals surface area contributed by atoms with Gasteiger partial charge < -0.3 is 5.73 Å². The number of hydrogen-bond donors (Lipinski definition) is 1. The Bertz CT molecular complexity index is 204. The summed E-state index contributed by atoms with van der Waals surface area (Å²) < 4.78 is 0. The Kier molecular flexibility index (Phi) is 3.22. The van der Waals surface area contributed by atoms with Crippen LogP contribution in [0.15, 0.2) is 0 Å². The van der Waals surface area contributed by atoms with E-state index in [0.717, 1.165) is 18.8 Å². The third-order valence-corrected chi connectivity index (χ3v) is 4.25. The van der Waals surface area contributed by atoms with Crippen LogP contribution in [0.3, 0.4) is 0 Å². The van der Waals surface area contributed by atoms with Crippen LogP contribution in [0.1, 0.15) is 44.9 Å². The van der Waals surface area contributed by atoms with E-state index in [0.29, 0.717) is 24.3 Å². The molecule has 2 nitrogen and oxygen atoms in total. The Labute approximate surface area is 86.2 Å². The molecule has 0 aromatic carbocycles. The normalized spacial score (nSPS) is 42.9. The van der Waals surface area contributed by atoms with Crippen molar-refractivity contribution in [3.05, 3.63) is 0 Å². The summed E-state index contributed by atoms with van der Waals surface area (Å²) in [6.07, 6.45) is 10.3. The molecule has 1 radical (unpaired) electrons. The van der Waals surface area contributed by atoms with Gasteiger partial charge in [0.15, 0.2) is 6.29 Å². The second kappa shape index (κ2) is 4.43. The van der Waals surface area contributed by atoms with Gasteiger partial charge in [-0.15, -0.1) is 0 Å². The van der Waals surface area contributed by atoms with Crippen LogP contribution in [0.5, 0.6) is 0 Å². The van der Waals surface area contributed by atoms with E-state index < -0.39 is 0 Å². The summed E-state index contributed by atoms with van der Waals surface area (Å²) in [5.74, 6) is 2.03. The van der Waals surface area contributed by atoms with Crippen LogP contribution in [0.4, 0.5) is 0 Å². The van der Waals surface area contributed by atoms with Gasteiger partial charge in [0, 0.05) is 12.5 Å². The highest BCUT2D eigenvalue weighted by Gasteiger charge is 2.38. The zero-order chi connectivity index (χ0) is 9.97. The summed E-state index contributed by atoms with van der Waals surface area (Å²) >= 11 is 0. The van der Waals surface area contributed by atoms with Crippen molar-refractivity contribution in [3.63, 3.8) is 0 Å². The fourth-order valence-corrected chi connectivity index (χ4v) is 3.50. The molecule has 79 valence electrons. The van der Waals surface area contributed by atoms with Crippen molar-refractivity contribution in [1.29, 1.82) is 0 Å². The molecule has 2 N–H and O–H groups in total. The summed E-state index contributed by atoms with van der Waals surface area (Å²) in [6, 6.07) is 0.406. The van der Waals surface area contributed by atoms with Gasteiger partial charge in [-0.1, -0.05) is 12.8 Å². The summed E-state index contributed by atoms with van der Waals surface area (Å²) in [6.45, 7) is 0. The first-order valence-corrected chi connectivity index (χ1v) is 5.93. The van der Waals surface area contributed by atoms with Crippen LogP contribution >= 0.6 is 0 Å². The number of fused-ring (bicyclic) bond motifs is 1. The summed E-state index contributed by atoms with van der Waals surface area (Å²) in [5, 5.41) is 0. The minimum absolute atomic E-state index is 0.406. The maximum absolute atomic E-state index is 10.5. The van der Waals surface area contributed by atoms with Crippen LogP contribution in [0.25, 0.3) is 0 Å². The van der Waals surface area contributed by atoms with Crippen molar-refractivity contribution in [2.75, 3.05) is 0 Å². The molecule has 2 fully saturated rings. The molecule has 0 amide bonds. The highest BCUT2D eigenvalue weighted by atomic mass is 16.1. The van der Waals surface area contributed by atoms with Gasteiger partial charge in [0.2, 0.25) is 0 Å². The first kappa shape index (κ1) is 10.2. The van der Waals surface area contributed by atoms with Crippen molar-refractivity contribution in [2.45, 2.75) is 51.0 Å². The average Bonchev–Trinajstić information content (AvgIpc) is 2.23. The molecule has 0 aliphatic heterocycles. The Morgan fingerprint density at radius 3 is 2.50 bits per heavy atom. The minimum atomic E-state index is 0.406. The van der Waals surface area contributed by atoms with Crippen molar-refractivity contribution in [2.24, 2.45) is 23.5 Å². The summed E-state index contributed by atoms with van der Waals surface area (Å²) in [4.78, 5) is 10.5. The first-order valence-electron chi connectivity index (χ1n) is 5.93. The van der Waals surface area contributed by atoms with Gasteiger partial charge in [-0.2, -0.15) is 0 Å². The quantitative estimate of drug-likeness (QED) is 0.731. The van der Waals surface area contributed by atoms with Crippen molar-refractivity contribution in [1.82, 2.24) is 0 Å². The number of hydrogen-bond acceptors (Lipinski definition) is 2. The highest BCUT2D eigenvalue weighted by molar-refractivity contribution is 5.50. The summed E-state index contributed by atoms with van der Waals surface area (Å²) in [7, 11) is 0. The topological polar surface area (TPSA) is 43.1 Å². The molecular formula is C12H20NO. The molecule has 4 atom stereocenters. The molecule has 4 unspecified atom stereocenters. The predicted octanol–water partition coefficient (Wildman–Crippen LogP) is 2.03. The van der Waals surface area contributed by atoms with Crippen LogP contribution in [0.2, 0.25) is 0 Å². The van der Waals surface area contributed by atoms with Gasteiger partial charge in [-0.3, -0.25) is 4.79 Å². The van der Waals surface area contributed by atoms with Gasteiger partial charge in [0.25, 0.3) is 0 Å². The Balaban J connectivity index is 2.04. The molecule has 2 rings (SSSR count). The van der Waals surface area contributed by atoms with Crippen LogP contribution in [0, 0.1) is 17.8 Å². The lowest BCUT2D eigenvalue weighted by molar-refractivity contribution is 0.0881. The lowest BCUT2D eigenvalue weighted by atomic mass is 9.63. The molecule has 14 heavy (non-hydrogen) atoms. The second-order valence-corrected chi connectivity index (χ2v) is 4.96. The van der Waals surface area contributed by atoms with E-state index in [9.17, 15) is 4.79 Å². The molecule has 0 spiro atoms. The maximum atomic E-state index is 10.5. The third kappa shape index (κ3) is 1.85. The Morgan fingerprint density at radius 2 is 1.79 bits per heavy atom. The van der Waals surface area contributed by atoms with E-state index in [-0.39, 0.29) is 0 Å². The Hall–Kier alpha value is -0.370. The Morgan fingerprint density at radius 1 is 1.07 bits per heavy atom. The van der Waals surface area contributed by atoms with Crippen LogP contribution in [-0.2, 0) is 4.79 Å². The van der Waals surface area contributed by atoms with Gasteiger partial charge in [0.05, 0.1) is 0 Å². The van der Waals surface area contributed by atoms with Gasteiger partial charge in [-0.05, 0) is 43.4 Å². The fourth-order valence-electron chi connectivity index (χ4n) is 3.50. The fraction of sp³-hybridized carbons (Fsp3) is 0.917. The van der Waals surface area contributed by atoms with Gasteiger partial charge in [-0.25, -0.2) is 0 Å². The van der Waals surface area contributed by atoms with Crippen molar-refractivity contribution < 1.29 is 4.79 Å². The molecule has 0 heterocycles. The molecule has 2 saturated carbocycles. The zero-order valence-electron chi connectivity index (χ0n) is 8.74. The van der Waals surface area contributed by atoms with Crippen LogP contribution in [-0.4, -0.2) is 12.3 Å². The van der Waals surface area contributed by atoms with E-state index in [1.165, 1.54) is 25.7 Å². The smallest absolute Gasteiger partial charge is 0.198 e. The zero-order valence-corrected chi connectivity index (χ0v) is 8.74. The van der Waals surface area contributed by atoms with Gasteiger partial charge in [0.1, 0.15) is 0 Å². The van der Waals surface area contributed by atoms with Gasteiger partial charge >= 0.3 is 0 Å². The number of nitrogens with two attached hydrogens (primary N) is 1. The maximum Gasteiger partial charge on any atom is 0.198 e. The molecule has 0 aromatic heterocycles. The van der Waals surface area contributed by atoms with E-state index in [4.69, 9.17) is 5.73 Å². The van der Waals surface area contributed by atoms with E-state index in [1.54, 1.807) is 0 Å². The molecule has 0 bridgehead atoms. The van der Waals surface area contributed by atoms with Crippen LogP contribution < -0.4 is 5.73 Å². The molecule has 2 aliphatic rings. The van der Waals surface area contributed by atoms with Crippen molar-refractivity contribution >= 4 is 6.29 Å². The lowest BCUT2D eigenvalue weighted by Gasteiger charge is -2.44. The monoisotopic (exact) mass is 194 g/mol. The molecular weight excluding hydrogens is 174 g/mol. The SMILES string of the molecule is NC1CCC(C[C]=O)C2CCCCC12. The third-order valence-electron chi connectivity index (χ3n) is 4.25. The van der Waals surface area contributed by atoms with E-state index >= 15 is 0 Å². The largest absolute Gasteiger partial charge is 0.327 e. The summed E-state index contributed by atoms with van der Waals surface area (Å²) in [5.41, 5.74) is 6.15. The molecule has 2 aliphatic carbocycles. The number of carbonyl (C=O) groups excluding carboxylic acids is 1. The first-order chi connectivity index (χ1) is 6.83. The van der Waals surface area contributed by atoms with E-state index in [2.05, 4.69) is 6.29 Å². The lowest BCUT2D eigenvalue weighted by Crippen LogP contribution is -2.44. The molecule has 2 heteroatoms. The van der Waals surface area contributed by atoms with E-state index in [1.807, 2.05) is 0 Å². The predicted molar refractivity (Wildman–Crippen MR) is 56.5 cm³/mol. The van der Waals surface area contributed by atoms with Crippen molar-refractivity contribution in [3.8, 4) is 0 Å². The second-order valence-electron chi connectivity index (χ2n) is 4.96. The highest BCUT2D eigenvalue weighted by Crippen LogP contribution is 2.44. The minimum Gasteiger partial charge on any atom is -0.327 e.